The molecule has 0 aliphatic rings. The molecule has 4 aromatic rings. The van der Waals surface area contributed by atoms with Gasteiger partial charge in [0.25, 0.3) is 0 Å². The Kier molecular flexibility index (Phi) is 14.7. The summed E-state index contributed by atoms with van der Waals surface area (Å²) in [5.41, 5.74) is 1.68. The van der Waals surface area contributed by atoms with E-state index in [1.54, 1.807) is 54.6 Å². The topological polar surface area (TPSA) is 179 Å². The van der Waals surface area contributed by atoms with Crippen LogP contribution in [-0.2, 0) is 6.42 Å². The number of nitrogens with zero attached hydrogens (tertiary/aromatic N) is 3. The maximum Gasteiger partial charge on any atom is 0.232 e. The zero-order chi connectivity index (χ0) is 32.0. The minimum atomic E-state index is -0.198. The third-order valence-corrected chi connectivity index (χ3v) is 6.01. The molecule has 0 radical (unpaired) electrons. The minimum absolute atomic E-state index is 0. The fourth-order valence-electron chi connectivity index (χ4n) is 4.02. The van der Waals surface area contributed by atoms with Crippen LogP contribution in [0.5, 0.6) is 34.5 Å². The molecule has 0 bridgehead atoms. The summed E-state index contributed by atoms with van der Waals surface area (Å²) in [5.74, 6) is 3.23. The number of nitrogens with one attached hydrogen (secondary N) is 2. The van der Waals surface area contributed by atoms with Crippen LogP contribution in [0.25, 0.3) is 0 Å². The van der Waals surface area contributed by atoms with Crippen LogP contribution in [0.1, 0.15) is 11.4 Å². The maximum atomic E-state index is 9.32. The molecule has 0 aliphatic carbocycles. The zero-order valence-electron chi connectivity index (χ0n) is 26.5. The molecule has 0 unspecified atom stereocenters. The predicted octanol–water partition coefficient (Wildman–Crippen LogP) is 3.57. The van der Waals surface area contributed by atoms with Crippen LogP contribution in [0.3, 0.4) is 0 Å². The van der Waals surface area contributed by atoms with E-state index in [0.717, 1.165) is 0 Å². The molecule has 14 nitrogen and oxygen atoms in total. The van der Waals surface area contributed by atoms with Crippen LogP contribution in [0.4, 0.5) is 23.3 Å². The number of benzene rings is 3. The van der Waals surface area contributed by atoms with Gasteiger partial charge in [-0.25, -0.2) is 0 Å². The molecule has 17 heteroatoms. The van der Waals surface area contributed by atoms with Crippen LogP contribution in [0.15, 0.2) is 54.6 Å². The summed E-state index contributed by atoms with van der Waals surface area (Å²) in [6, 6.07) is 15.1. The van der Waals surface area contributed by atoms with Gasteiger partial charge in [-0.15, -0.1) is 0 Å². The van der Waals surface area contributed by atoms with Gasteiger partial charge >= 0.3 is 0 Å². The van der Waals surface area contributed by atoms with Crippen LogP contribution in [-0.4, -0.2) is 69.9 Å². The Morgan fingerprint density at radius 1 is 0.542 bits per heavy atom. The molecule has 246 valence electrons. The number of anilines is 4. The van der Waals surface area contributed by atoms with Gasteiger partial charge < -0.3 is 54.4 Å². The molecule has 5 N–H and O–H groups in total. The molecular formula is C31H34N5O9Rf3-3. The Labute approximate surface area is 260 Å². The van der Waals surface area contributed by atoms with Crippen molar-refractivity contribution < 1.29 is 43.7 Å². The minimum Gasteiger partial charge on any atom is -0.665 e. The summed E-state index contributed by atoms with van der Waals surface area (Å²) in [6.45, 7) is -0.431. The van der Waals surface area contributed by atoms with Crippen LogP contribution < -0.4 is 39.1 Å². The standard InChI is InChI=1S/C31H34N5O9.3Rf/c1-40-21-5-4-20(26(17-21)43-13-10-37)16-29-34-30(32-24-8-6-22(41-2)18-27(24)44-14-11-38)36-31(35-29)33-25-9-7-23(42-3)19-28(25)45-15-12-39;;;/h4-9,17-19,37-39H,1-3,10-16H2,(H2,32,33,34,35,36);;;/q-3;;;. The maximum absolute atomic E-state index is 9.32. The third kappa shape index (κ3) is 9.74. The largest absolute Gasteiger partial charge is 0.665 e. The third-order valence-electron chi connectivity index (χ3n) is 6.01. The van der Waals surface area contributed by atoms with Crippen molar-refractivity contribution in [3.05, 3.63) is 87.3 Å². The van der Waals surface area contributed by atoms with Gasteiger partial charge in [0.1, 0.15) is 42.9 Å². The van der Waals surface area contributed by atoms with Crippen LogP contribution in [0, 0.1) is 21.3 Å². The van der Waals surface area contributed by atoms with E-state index < -0.39 is 0 Å². The van der Waals surface area contributed by atoms with Crippen LogP contribution >= 0.6 is 0 Å². The average Bonchev–Trinajstić information content (AvgIpc) is 3.06. The van der Waals surface area contributed by atoms with Crippen molar-refractivity contribution in [2.24, 2.45) is 0 Å². The summed E-state index contributed by atoms with van der Waals surface area (Å²) in [5, 5.41) is 34.2. The summed E-state index contributed by atoms with van der Waals surface area (Å²) in [7, 11) is 10.3. The second-order valence-electron chi connectivity index (χ2n) is 9.06. The van der Waals surface area contributed by atoms with Crippen molar-refractivity contribution in [2.75, 3.05) is 50.3 Å². The average molecular weight is 1420 g/mol. The van der Waals surface area contributed by atoms with Crippen LogP contribution in [0.2, 0.25) is 0 Å². The molecule has 48 heavy (non-hydrogen) atoms. The van der Waals surface area contributed by atoms with E-state index in [-0.39, 0.29) is 58.0 Å². The van der Waals surface area contributed by atoms with Crippen molar-refractivity contribution in [3.63, 3.8) is 0 Å². The normalized spacial score (nSPS) is 9.96. The van der Waals surface area contributed by atoms with E-state index in [1.807, 2.05) is 0 Å². The zero-order valence-corrected chi connectivity index (χ0v) is 45.7. The first-order valence-electron chi connectivity index (χ1n) is 13.7. The summed E-state index contributed by atoms with van der Waals surface area (Å²) in [4.78, 5) is 13.8. The molecule has 0 saturated carbocycles. The van der Waals surface area contributed by atoms with Crippen molar-refractivity contribution in [2.45, 2.75) is 6.42 Å². The molecule has 1 aromatic heterocycles. The molecular weight excluding hydrogens is 1390 g/mol. The molecule has 0 spiro atoms. The van der Waals surface area contributed by atoms with Gasteiger partial charge in [-0.2, -0.15) is 36.3 Å². The first-order chi connectivity index (χ1) is 22.0. The second kappa shape index (κ2) is 18.6. The Morgan fingerprint density at radius 2 is 0.938 bits per heavy atom. The summed E-state index contributed by atoms with van der Waals surface area (Å²) in [6.07, 6.45) is 0.203. The molecule has 0 saturated heterocycles. The van der Waals surface area contributed by atoms with Gasteiger partial charge in [0.2, 0.25) is 11.9 Å². The number of hydrogen-bond donors (Lipinski definition) is 5. The Bertz CT molecular complexity index is 1360. The van der Waals surface area contributed by atoms with Gasteiger partial charge in [-0.3, -0.25) is 0 Å². The number of aliphatic hydroxyl groups excluding tert-OH is 3. The van der Waals surface area contributed by atoms with E-state index in [4.69, 9.17) is 28.4 Å². The van der Waals surface area contributed by atoms with E-state index in [9.17, 15) is 15.3 Å². The summed E-state index contributed by atoms with van der Waals surface area (Å²) < 4.78 is 32.3. The van der Waals surface area contributed by atoms with Gasteiger partial charge in [-0.1, -0.05) is 6.07 Å². The van der Waals surface area contributed by atoms with Gasteiger partial charge in [0.05, 0.1) is 48.4 Å². The fourth-order valence-corrected chi connectivity index (χ4v) is 4.02. The molecule has 0 amide bonds. The Balaban J connectivity index is 0.00000384. The Hall–Kier alpha value is -8.05. The Morgan fingerprint density at radius 3 is 1.35 bits per heavy atom. The van der Waals surface area contributed by atoms with E-state index in [2.05, 4.69) is 46.9 Å². The molecule has 0 fully saturated rings. The smallest absolute Gasteiger partial charge is 0.232 e. The van der Waals surface area contributed by atoms with Crippen molar-refractivity contribution in [1.29, 1.82) is 0 Å². The number of rotatable bonds is 18. The first kappa shape index (κ1) is 38.0. The number of ether oxygens (including phenoxy) is 6. The number of aromatic nitrogens is 3. The molecule has 3 aromatic carbocycles. The summed E-state index contributed by atoms with van der Waals surface area (Å²) >= 11 is 0. The predicted molar refractivity (Wildman–Crippen MR) is 164 cm³/mol. The quantitative estimate of drug-likeness (QED) is 0.0914. The fraction of sp³-hybridized carbons (Fsp3) is 0.226. The molecule has 1 heterocycles. The number of hydrogen-bond acceptors (Lipinski definition) is 14. The molecule has 0 aliphatic heterocycles. The number of aliphatic hydroxyl groups is 3. The van der Waals surface area contributed by atoms with Crippen molar-refractivity contribution in [3.8, 4) is 34.5 Å². The van der Waals surface area contributed by atoms with E-state index in [1.165, 1.54) is 0 Å². The van der Waals surface area contributed by atoms with E-state index >= 15 is 0 Å². The first-order valence-corrected chi connectivity index (χ1v) is 13.7. The molecule has 0 atom stereocenters. The SMILES string of the molecule is [CH2-]Oc1ccc(Cc2nc(Nc3ccc(O[CH2-])cc3OCCO)nc(Nc3ccc(O[CH2-])cc3OCCO)n2)c(OCCO)c1.[Rf].[Rf].[Rf]. The van der Waals surface area contributed by atoms with Crippen molar-refractivity contribution >= 4 is 23.3 Å². The monoisotopic (exact) mass is 1420 g/mol. The molecule has 4 rings (SSSR count). The van der Waals surface area contributed by atoms with Gasteiger partial charge in [-0.05, 0) is 30.3 Å². The van der Waals surface area contributed by atoms with Gasteiger partial charge in [0.15, 0.2) is 0 Å². The second-order valence-corrected chi connectivity index (χ2v) is 9.06. The van der Waals surface area contributed by atoms with Crippen molar-refractivity contribution in [1.82, 2.24) is 15.0 Å². The van der Waals surface area contributed by atoms with E-state index in [0.29, 0.717) is 57.3 Å². The van der Waals surface area contributed by atoms with Gasteiger partial charge in [0, 0.05) is 30.2 Å².